The topological polar surface area (TPSA) is 80.0 Å². The third kappa shape index (κ3) is 3.19. The second kappa shape index (κ2) is 7.33. The molecular formula is C18H21BrF2N4O2. The van der Waals surface area contributed by atoms with Gasteiger partial charge in [0, 0.05) is 12.2 Å². The number of nitrogens with zero attached hydrogens (tertiary/aromatic N) is 3. The molecule has 2 bridgehead atoms. The molecule has 27 heavy (non-hydrogen) atoms. The van der Waals surface area contributed by atoms with Gasteiger partial charge in [0.2, 0.25) is 4.73 Å². The highest BCUT2D eigenvalue weighted by Gasteiger charge is 2.47. The third-order valence-corrected chi connectivity index (χ3v) is 6.46. The number of aliphatic carboxylic acids is 1. The van der Waals surface area contributed by atoms with Crippen LogP contribution in [0.15, 0.2) is 17.0 Å². The predicted octanol–water partition coefficient (Wildman–Crippen LogP) is 3.98. The SMILES string of the molecule is O=C(O)C1C2CCC(CC2)C1Nc1nc(Br)nc2c1ccn2C(CF)CF. The molecule has 9 heteroatoms. The van der Waals surface area contributed by atoms with Crippen LogP contribution in [0.25, 0.3) is 11.0 Å². The second-order valence-corrected chi connectivity index (χ2v) is 8.18. The average molecular weight is 443 g/mol. The molecule has 0 aliphatic heterocycles. The number of fused-ring (bicyclic) bond motifs is 4. The van der Waals surface area contributed by atoms with Crippen LogP contribution in [0.4, 0.5) is 14.6 Å². The first-order valence-electron chi connectivity index (χ1n) is 9.18. The van der Waals surface area contributed by atoms with Crippen LogP contribution in [-0.4, -0.2) is 45.0 Å². The Hall–Kier alpha value is -1.77. The minimum Gasteiger partial charge on any atom is -0.481 e. The van der Waals surface area contributed by atoms with E-state index >= 15 is 0 Å². The Bertz CT molecular complexity index is 849. The molecule has 2 aromatic heterocycles. The summed E-state index contributed by atoms with van der Waals surface area (Å²) in [6.45, 7) is -1.67. The monoisotopic (exact) mass is 442 g/mol. The fourth-order valence-electron chi connectivity index (χ4n) is 4.77. The Morgan fingerprint density at radius 2 is 1.93 bits per heavy atom. The Morgan fingerprint density at radius 1 is 1.26 bits per heavy atom. The van der Waals surface area contributed by atoms with E-state index in [2.05, 4.69) is 31.2 Å². The van der Waals surface area contributed by atoms with Gasteiger partial charge in [-0.15, -0.1) is 0 Å². The molecule has 2 heterocycles. The van der Waals surface area contributed by atoms with Crippen molar-refractivity contribution in [3.05, 3.63) is 17.0 Å². The van der Waals surface area contributed by atoms with Crippen molar-refractivity contribution in [2.24, 2.45) is 17.8 Å². The number of carboxylic acids is 1. The van der Waals surface area contributed by atoms with Gasteiger partial charge < -0.3 is 15.0 Å². The van der Waals surface area contributed by atoms with Gasteiger partial charge in [-0.3, -0.25) is 4.79 Å². The van der Waals surface area contributed by atoms with Crippen molar-refractivity contribution in [3.63, 3.8) is 0 Å². The van der Waals surface area contributed by atoms with Crippen LogP contribution in [0.3, 0.4) is 0 Å². The van der Waals surface area contributed by atoms with Crippen molar-refractivity contribution in [1.29, 1.82) is 0 Å². The number of anilines is 1. The van der Waals surface area contributed by atoms with E-state index in [4.69, 9.17) is 0 Å². The molecule has 0 radical (unpaired) electrons. The van der Waals surface area contributed by atoms with Gasteiger partial charge in [-0.25, -0.2) is 18.7 Å². The molecule has 0 aromatic carbocycles. The minimum absolute atomic E-state index is 0.179. The molecule has 2 atom stereocenters. The standard InChI is InChI=1S/C18H21BrF2N4O2/c19-18-23-15(12-5-6-25(16(12)24-18)11(7-20)8-21)22-14-10-3-1-9(2-4-10)13(14)17(26)27/h5-6,9-11,13-14H,1-4,7-8H2,(H,26,27)(H,22,23,24). The average Bonchev–Trinajstić information content (AvgIpc) is 3.07. The number of alkyl halides is 2. The first-order chi connectivity index (χ1) is 13.0. The maximum Gasteiger partial charge on any atom is 0.308 e. The van der Waals surface area contributed by atoms with Gasteiger partial charge in [0.25, 0.3) is 0 Å². The summed E-state index contributed by atoms with van der Waals surface area (Å²) >= 11 is 3.27. The summed E-state index contributed by atoms with van der Waals surface area (Å²) in [5.74, 6) is -0.262. The van der Waals surface area contributed by atoms with E-state index in [1.54, 1.807) is 12.3 Å². The van der Waals surface area contributed by atoms with Gasteiger partial charge in [-0.1, -0.05) is 0 Å². The zero-order chi connectivity index (χ0) is 19.1. The summed E-state index contributed by atoms with van der Waals surface area (Å²) in [6, 6.07) is 0.579. The molecule has 2 aromatic rings. The molecule has 2 N–H and O–H groups in total. The fourth-order valence-corrected chi connectivity index (χ4v) is 5.12. The minimum atomic E-state index is -0.936. The van der Waals surface area contributed by atoms with Crippen molar-refractivity contribution in [3.8, 4) is 0 Å². The van der Waals surface area contributed by atoms with Crippen molar-refractivity contribution in [1.82, 2.24) is 14.5 Å². The number of rotatable bonds is 6. The van der Waals surface area contributed by atoms with Crippen molar-refractivity contribution < 1.29 is 18.7 Å². The van der Waals surface area contributed by atoms with E-state index in [1.165, 1.54) is 4.57 Å². The largest absolute Gasteiger partial charge is 0.481 e. The molecular weight excluding hydrogens is 422 g/mol. The van der Waals surface area contributed by atoms with E-state index in [1.807, 2.05) is 0 Å². The van der Waals surface area contributed by atoms with Crippen molar-refractivity contribution in [2.75, 3.05) is 18.7 Å². The first-order valence-corrected chi connectivity index (χ1v) is 9.98. The number of aromatic nitrogens is 3. The maximum atomic E-state index is 13.2. The number of halogens is 3. The van der Waals surface area contributed by atoms with Crippen LogP contribution >= 0.6 is 15.9 Å². The van der Waals surface area contributed by atoms with Crippen LogP contribution in [0.2, 0.25) is 0 Å². The lowest BCUT2D eigenvalue weighted by Gasteiger charge is -2.47. The first kappa shape index (κ1) is 18.6. The summed E-state index contributed by atoms with van der Waals surface area (Å²) in [5.41, 5.74) is 0.424. The Kier molecular flexibility index (Phi) is 5.05. The summed E-state index contributed by atoms with van der Waals surface area (Å²) in [6.07, 6.45) is 5.52. The summed E-state index contributed by atoms with van der Waals surface area (Å²) in [7, 11) is 0. The van der Waals surface area contributed by atoms with E-state index < -0.39 is 31.3 Å². The molecule has 5 rings (SSSR count). The number of nitrogens with one attached hydrogen (secondary N) is 1. The molecule has 0 spiro atoms. The molecule has 3 saturated carbocycles. The van der Waals surface area contributed by atoms with E-state index in [9.17, 15) is 18.7 Å². The molecule has 0 amide bonds. The maximum absolute atomic E-state index is 13.2. The Morgan fingerprint density at radius 3 is 2.56 bits per heavy atom. The van der Waals surface area contributed by atoms with Gasteiger partial charge in [-0.2, -0.15) is 0 Å². The molecule has 3 aliphatic rings. The van der Waals surface area contributed by atoms with E-state index in [-0.39, 0.29) is 17.9 Å². The quantitative estimate of drug-likeness (QED) is 0.661. The normalized spacial score (nSPS) is 27.4. The smallest absolute Gasteiger partial charge is 0.308 e. The zero-order valence-electron chi connectivity index (χ0n) is 14.6. The third-order valence-electron chi connectivity index (χ3n) is 6.10. The highest BCUT2D eigenvalue weighted by Crippen LogP contribution is 2.46. The van der Waals surface area contributed by atoms with Gasteiger partial charge in [0.05, 0.1) is 17.3 Å². The predicted molar refractivity (Wildman–Crippen MR) is 100 cm³/mol. The Balaban J connectivity index is 1.72. The highest BCUT2D eigenvalue weighted by molar-refractivity contribution is 9.10. The summed E-state index contributed by atoms with van der Waals surface area (Å²) in [4.78, 5) is 20.6. The van der Waals surface area contributed by atoms with Gasteiger partial charge in [-0.05, 0) is 59.5 Å². The molecule has 0 saturated heterocycles. The Labute approximate surface area is 163 Å². The van der Waals surface area contributed by atoms with Crippen LogP contribution in [0.5, 0.6) is 0 Å². The lowest BCUT2D eigenvalue weighted by atomic mass is 9.61. The zero-order valence-corrected chi connectivity index (χ0v) is 16.2. The lowest BCUT2D eigenvalue weighted by Crippen LogP contribution is -2.51. The van der Waals surface area contributed by atoms with Crippen LogP contribution in [0.1, 0.15) is 31.7 Å². The number of hydrogen-bond donors (Lipinski definition) is 2. The van der Waals surface area contributed by atoms with Crippen LogP contribution in [0, 0.1) is 17.8 Å². The summed E-state index contributed by atoms with van der Waals surface area (Å²) in [5, 5.41) is 13.7. The fraction of sp³-hybridized carbons (Fsp3) is 0.611. The number of carboxylic acid groups (broad SMARTS) is 1. The second-order valence-electron chi connectivity index (χ2n) is 7.47. The number of carbonyl (C=O) groups is 1. The molecule has 3 aliphatic carbocycles. The highest BCUT2D eigenvalue weighted by atomic mass is 79.9. The lowest BCUT2D eigenvalue weighted by molar-refractivity contribution is -0.148. The number of hydrogen-bond acceptors (Lipinski definition) is 4. The molecule has 3 fully saturated rings. The van der Waals surface area contributed by atoms with Gasteiger partial charge in [0.1, 0.15) is 24.8 Å². The molecule has 146 valence electrons. The van der Waals surface area contributed by atoms with E-state index in [0.717, 1.165) is 25.7 Å². The van der Waals surface area contributed by atoms with Crippen molar-refractivity contribution >= 4 is 38.8 Å². The molecule has 2 unspecified atom stereocenters. The van der Waals surface area contributed by atoms with Crippen LogP contribution in [-0.2, 0) is 4.79 Å². The van der Waals surface area contributed by atoms with Crippen molar-refractivity contribution in [2.45, 2.75) is 37.8 Å². The van der Waals surface area contributed by atoms with Gasteiger partial charge in [0.15, 0.2) is 0 Å². The van der Waals surface area contributed by atoms with E-state index in [0.29, 0.717) is 21.6 Å². The van der Waals surface area contributed by atoms with Gasteiger partial charge >= 0.3 is 5.97 Å². The summed E-state index contributed by atoms with van der Waals surface area (Å²) < 4.78 is 28.1. The molecule has 6 nitrogen and oxygen atoms in total. The van der Waals surface area contributed by atoms with Crippen LogP contribution < -0.4 is 5.32 Å².